The number of likely N-dealkylation sites (tertiary alicyclic amines) is 1. The van der Waals surface area contributed by atoms with Crippen molar-refractivity contribution in [2.24, 2.45) is 0 Å². The zero-order valence-electron chi connectivity index (χ0n) is 14.9. The Bertz CT molecular complexity index is 798. The fourth-order valence-electron chi connectivity index (χ4n) is 3.45. The average molecular weight is 353 g/mol. The van der Waals surface area contributed by atoms with E-state index in [4.69, 9.17) is 4.52 Å². The van der Waals surface area contributed by atoms with Crippen LogP contribution in [0.1, 0.15) is 48.1 Å². The molecule has 2 amide bonds. The van der Waals surface area contributed by atoms with Crippen LogP contribution >= 0.6 is 0 Å². The zero-order chi connectivity index (χ0) is 18.1. The van der Waals surface area contributed by atoms with Gasteiger partial charge in [0.1, 0.15) is 11.5 Å². The molecule has 26 heavy (non-hydrogen) atoms. The number of carbonyl (C=O) groups excluding carboxylic acids is 2. The minimum absolute atomic E-state index is 0.0399. The number of likely N-dealkylation sites (N-methyl/N-ethyl adjacent to an activating group) is 1. The molecule has 1 saturated carbocycles. The van der Waals surface area contributed by atoms with Gasteiger partial charge in [-0.3, -0.25) is 9.59 Å². The van der Waals surface area contributed by atoms with Crippen molar-refractivity contribution in [1.82, 2.24) is 15.0 Å². The maximum Gasteiger partial charge on any atom is 0.242 e. The summed E-state index contributed by atoms with van der Waals surface area (Å²) in [4.78, 5) is 28.1. The molecule has 0 spiro atoms. The summed E-state index contributed by atoms with van der Waals surface area (Å²) in [5, 5.41) is 4.05. The first-order chi connectivity index (χ1) is 12.6. The third-order valence-electron chi connectivity index (χ3n) is 5.19. The highest BCUT2D eigenvalue weighted by molar-refractivity contribution is 5.86. The molecule has 2 aromatic rings. The molecule has 136 valence electrons. The fourth-order valence-corrected chi connectivity index (χ4v) is 3.45. The molecule has 2 aliphatic rings. The molecule has 4 rings (SSSR count). The van der Waals surface area contributed by atoms with Gasteiger partial charge in [-0.15, -0.1) is 0 Å². The molecule has 2 fully saturated rings. The van der Waals surface area contributed by atoms with Gasteiger partial charge in [-0.05, 0) is 18.4 Å². The maximum absolute atomic E-state index is 12.5. The number of hydrogen-bond acceptors (Lipinski definition) is 4. The van der Waals surface area contributed by atoms with E-state index in [1.54, 1.807) is 16.8 Å². The molecule has 0 bridgehead atoms. The second kappa shape index (κ2) is 6.94. The summed E-state index contributed by atoms with van der Waals surface area (Å²) < 4.78 is 5.33. The average Bonchev–Trinajstić information content (AvgIpc) is 3.29. The number of hydrogen-bond donors (Lipinski definition) is 0. The smallest absolute Gasteiger partial charge is 0.242 e. The van der Waals surface area contributed by atoms with Gasteiger partial charge in [-0.2, -0.15) is 0 Å². The molecular formula is C20H23N3O3. The Kier molecular flexibility index (Phi) is 4.49. The van der Waals surface area contributed by atoms with E-state index in [2.05, 4.69) is 5.16 Å². The standard InChI is InChI=1S/C20H23N3O3/c1-22(12-17-10-18(26-21-17)15-7-8-15)20(25)13-23-11-16(9-19(23)24)14-5-3-2-4-6-14/h2-6,10,15-16H,7-9,11-13H2,1H3/t16-/m1/s1. The van der Waals surface area contributed by atoms with Gasteiger partial charge in [0.25, 0.3) is 0 Å². The minimum Gasteiger partial charge on any atom is -0.361 e. The largest absolute Gasteiger partial charge is 0.361 e. The Balaban J connectivity index is 1.32. The van der Waals surface area contributed by atoms with Gasteiger partial charge >= 0.3 is 0 Å². The van der Waals surface area contributed by atoms with E-state index in [0.29, 0.717) is 25.4 Å². The van der Waals surface area contributed by atoms with Crippen LogP contribution in [0.5, 0.6) is 0 Å². The topological polar surface area (TPSA) is 66.7 Å². The van der Waals surface area contributed by atoms with Gasteiger partial charge in [0, 0.05) is 37.9 Å². The molecule has 1 aromatic carbocycles. The lowest BCUT2D eigenvalue weighted by Gasteiger charge is -2.21. The normalized spacial score (nSPS) is 19.8. The highest BCUT2D eigenvalue weighted by atomic mass is 16.5. The number of nitrogens with zero attached hydrogens (tertiary/aromatic N) is 3. The third kappa shape index (κ3) is 3.64. The number of aromatic nitrogens is 1. The molecule has 0 N–H and O–H groups in total. The van der Waals surface area contributed by atoms with Gasteiger partial charge < -0.3 is 14.3 Å². The van der Waals surface area contributed by atoms with E-state index in [0.717, 1.165) is 29.9 Å². The van der Waals surface area contributed by atoms with Crippen molar-refractivity contribution in [3.63, 3.8) is 0 Å². The molecule has 6 nitrogen and oxygen atoms in total. The molecule has 0 radical (unpaired) electrons. The van der Waals surface area contributed by atoms with Crippen LogP contribution in [0.15, 0.2) is 40.9 Å². The van der Waals surface area contributed by atoms with Crippen LogP contribution in [0.4, 0.5) is 0 Å². The molecule has 6 heteroatoms. The molecule has 1 saturated heterocycles. The lowest BCUT2D eigenvalue weighted by atomic mass is 9.99. The van der Waals surface area contributed by atoms with Crippen LogP contribution in [0, 0.1) is 0 Å². The Morgan fingerprint density at radius 1 is 1.27 bits per heavy atom. The van der Waals surface area contributed by atoms with Gasteiger partial charge in [0.15, 0.2) is 0 Å². The number of benzene rings is 1. The summed E-state index contributed by atoms with van der Waals surface area (Å²) in [7, 11) is 1.74. The molecule has 1 aliphatic carbocycles. The minimum atomic E-state index is -0.0805. The number of amides is 2. The summed E-state index contributed by atoms with van der Waals surface area (Å²) in [5.74, 6) is 1.55. The molecular weight excluding hydrogens is 330 g/mol. The Morgan fingerprint density at radius 3 is 2.77 bits per heavy atom. The lowest BCUT2D eigenvalue weighted by Crippen LogP contribution is -2.38. The van der Waals surface area contributed by atoms with Crippen molar-refractivity contribution in [3.05, 3.63) is 53.4 Å². The number of carbonyl (C=O) groups is 2. The van der Waals surface area contributed by atoms with E-state index in [1.165, 1.54) is 0 Å². The van der Waals surface area contributed by atoms with Crippen molar-refractivity contribution < 1.29 is 14.1 Å². The van der Waals surface area contributed by atoms with E-state index in [9.17, 15) is 9.59 Å². The van der Waals surface area contributed by atoms with Crippen molar-refractivity contribution in [2.75, 3.05) is 20.1 Å². The van der Waals surface area contributed by atoms with Crippen LogP contribution < -0.4 is 0 Å². The van der Waals surface area contributed by atoms with Crippen molar-refractivity contribution in [3.8, 4) is 0 Å². The molecule has 2 heterocycles. The first-order valence-corrected chi connectivity index (χ1v) is 9.12. The van der Waals surface area contributed by atoms with Crippen LogP contribution in [0.3, 0.4) is 0 Å². The van der Waals surface area contributed by atoms with Crippen molar-refractivity contribution in [2.45, 2.75) is 37.6 Å². The first kappa shape index (κ1) is 16.8. The van der Waals surface area contributed by atoms with Crippen molar-refractivity contribution in [1.29, 1.82) is 0 Å². The second-order valence-electron chi connectivity index (χ2n) is 7.33. The SMILES string of the molecule is CN(Cc1cc(C2CC2)on1)C(=O)CN1C[C@H](c2ccccc2)CC1=O. The van der Waals surface area contributed by atoms with Crippen LogP contribution in [0.2, 0.25) is 0 Å². The molecule has 1 aliphatic heterocycles. The first-order valence-electron chi connectivity index (χ1n) is 9.12. The zero-order valence-corrected chi connectivity index (χ0v) is 14.9. The fraction of sp³-hybridized carbons (Fsp3) is 0.450. The van der Waals surface area contributed by atoms with E-state index in [-0.39, 0.29) is 24.3 Å². The van der Waals surface area contributed by atoms with Gasteiger partial charge in [0.2, 0.25) is 11.8 Å². The lowest BCUT2D eigenvalue weighted by molar-refractivity contribution is -0.137. The summed E-state index contributed by atoms with van der Waals surface area (Å²) in [6.07, 6.45) is 2.78. The van der Waals surface area contributed by atoms with E-state index in [1.807, 2.05) is 36.4 Å². The molecule has 1 aromatic heterocycles. The van der Waals surface area contributed by atoms with Crippen molar-refractivity contribution >= 4 is 11.8 Å². The summed E-state index contributed by atoms with van der Waals surface area (Å²) in [5.41, 5.74) is 1.91. The van der Waals surface area contributed by atoms with Gasteiger partial charge in [-0.1, -0.05) is 35.5 Å². The summed E-state index contributed by atoms with van der Waals surface area (Å²) in [6.45, 7) is 1.11. The predicted molar refractivity (Wildman–Crippen MR) is 95.3 cm³/mol. The Labute approximate surface area is 152 Å². The maximum atomic E-state index is 12.5. The highest BCUT2D eigenvalue weighted by Crippen LogP contribution is 2.40. The quantitative estimate of drug-likeness (QED) is 0.800. The van der Waals surface area contributed by atoms with E-state index < -0.39 is 0 Å². The predicted octanol–water partition coefficient (Wildman–Crippen LogP) is 2.53. The second-order valence-corrected chi connectivity index (χ2v) is 7.33. The van der Waals surface area contributed by atoms with Crippen LogP contribution in [-0.2, 0) is 16.1 Å². The van der Waals surface area contributed by atoms with Gasteiger partial charge in [-0.25, -0.2) is 0 Å². The summed E-state index contributed by atoms with van der Waals surface area (Å²) in [6, 6.07) is 11.9. The Hall–Kier alpha value is -2.63. The number of rotatable bonds is 6. The third-order valence-corrected chi connectivity index (χ3v) is 5.19. The summed E-state index contributed by atoms with van der Waals surface area (Å²) >= 11 is 0. The monoisotopic (exact) mass is 353 g/mol. The van der Waals surface area contributed by atoms with Crippen LogP contribution in [-0.4, -0.2) is 46.9 Å². The highest BCUT2D eigenvalue weighted by Gasteiger charge is 2.32. The van der Waals surface area contributed by atoms with Crippen LogP contribution in [0.25, 0.3) is 0 Å². The van der Waals surface area contributed by atoms with Gasteiger partial charge in [0.05, 0.1) is 13.1 Å². The molecule has 0 unspecified atom stereocenters. The molecule has 1 atom stereocenters. The van der Waals surface area contributed by atoms with E-state index >= 15 is 0 Å². The Morgan fingerprint density at radius 2 is 2.04 bits per heavy atom.